The second-order valence-electron chi connectivity index (χ2n) is 6.95. The van der Waals surface area contributed by atoms with Gasteiger partial charge in [0.05, 0.1) is 38.1 Å². The Hall–Kier alpha value is -3.52. The molecule has 0 aliphatic heterocycles. The molecule has 0 amide bonds. The highest BCUT2D eigenvalue weighted by Gasteiger charge is 2.32. The molecule has 0 aliphatic carbocycles. The maximum Gasteiger partial charge on any atom is 0.357 e. The van der Waals surface area contributed by atoms with Gasteiger partial charge in [0.25, 0.3) is 0 Å². The topological polar surface area (TPSA) is 88.9 Å². The van der Waals surface area contributed by atoms with Crippen molar-refractivity contribution in [1.82, 2.24) is 9.78 Å². The van der Waals surface area contributed by atoms with E-state index in [0.717, 1.165) is 0 Å². The van der Waals surface area contributed by atoms with Gasteiger partial charge in [0.15, 0.2) is 17.2 Å². The lowest BCUT2D eigenvalue weighted by Gasteiger charge is -2.15. The molecule has 1 aromatic heterocycles. The van der Waals surface area contributed by atoms with E-state index in [4.69, 9.17) is 30.5 Å². The summed E-state index contributed by atoms with van der Waals surface area (Å²) in [5.41, 5.74) is 0.885. The van der Waals surface area contributed by atoms with Crippen LogP contribution in [-0.2, 0) is 9.47 Å². The third-order valence-electron chi connectivity index (χ3n) is 4.53. The second kappa shape index (κ2) is 9.74. The average Bonchev–Trinajstić information content (AvgIpc) is 3.18. The molecule has 168 valence electrons. The van der Waals surface area contributed by atoms with E-state index in [9.17, 15) is 9.59 Å². The van der Waals surface area contributed by atoms with Gasteiger partial charge in [-0.2, -0.15) is 5.10 Å². The summed E-state index contributed by atoms with van der Waals surface area (Å²) in [5.74, 6) is -0.690. The minimum atomic E-state index is -0.764. The number of para-hydroxylation sites is 1. The Balaban J connectivity index is 2.35. The summed E-state index contributed by atoms with van der Waals surface area (Å²) in [6, 6.07) is 12.1. The van der Waals surface area contributed by atoms with Crippen molar-refractivity contribution in [2.45, 2.75) is 20.0 Å². The van der Waals surface area contributed by atoms with E-state index >= 15 is 0 Å². The first-order chi connectivity index (χ1) is 15.3. The van der Waals surface area contributed by atoms with Crippen LogP contribution < -0.4 is 9.47 Å². The number of benzene rings is 2. The number of nitrogens with zero attached hydrogens (tertiary/aromatic N) is 2. The van der Waals surface area contributed by atoms with Gasteiger partial charge in [-0.3, -0.25) is 0 Å². The van der Waals surface area contributed by atoms with E-state index in [2.05, 4.69) is 5.10 Å². The highest BCUT2D eigenvalue weighted by Crippen LogP contribution is 2.40. The van der Waals surface area contributed by atoms with E-state index in [1.807, 2.05) is 19.9 Å². The van der Waals surface area contributed by atoms with E-state index in [0.29, 0.717) is 22.7 Å². The fourth-order valence-electron chi connectivity index (χ4n) is 3.17. The molecule has 9 heteroatoms. The summed E-state index contributed by atoms with van der Waals surface area (Å²) in [5, 5.41) is 4.80. The highest BCUT2D eigenvalue weighted by molar-refractivity contribution is 6.33. The Labute approximate surface area is 190 Å². The Bertz CT molecular complexity index is 1140. The quantitative estimate of drug-likeness (QED) is 0.479. The molecular weight excluding hydrogens is 436 g/mol. The predicted octanol–water partition coefficient (Wildman–Crippen LogP) is 4.56. The number of aromatic nitrogens is 2. The zero-order valence-electron chi connectivity index (χ0n) is 18.3. The Kier molecular flexibility index (Phi) is 7.05. The number of carbonyl (C=O) groups is 2. The first-order valence-electron chi connectivity index (χ1n) is 9.72. The molecule has 3 rings (SSSR count). The number of methoxy groups -OCH3 is 3. The highest BCUT2D eigenvalue weighted by atomic mass is 35.5. The molecule has 0 atom stereocenters. The van der Waals surface area contributed by atoms with Gasteiger partial charge < -0.3 is 18.9 Å². The van der Waals surface area contributed by atoms with Gasteiger partial charge in [-0.1, -0.05) is 29.8 Å². The minimum Gasteiger partial charge on any atom is -0.493 e. The van der Waals surface area contributed by atoms with Gasteiger partial charge in [-0.15, -0.1) is 0 Å². The van der Waals surface area contributed by atoms with E-state index in [-0.39, 0.29) is 28.1 Å². The molecule has 0 saturated carbocycles. The Morgan fingerprint density at radius 2 is 1.62 bits per heavy atom. The van der Waals surface area contributed by atoms with Crippen molar-refractivity contribution in [3.05, 3.63) is 58.7 Å². The van der Waals surface area contributed by atoms with Gasteiger partial charge in [-0.05, 0) is 32.0 Å². The first-order valence-corrected chi connectivity index (χ1v) is 10.1. The van der Waals surface area contributed by atoms with Crippen LogP contribution in [0.2, 0.25) is 5.02 Å². The largest absolute Gasteiger partial charge is 0.493 e. The third-order valence-corrected chi connectivity index (χ3v) is 4.84. The maximum atomic E-state index is 12.8. The number of hydrogen-bond acceptors (Lipinski definition) is 7. The number of carbonyl (C=O) groups excluding carboxylic acids is 2. The SMILES string of the molecule is COC(=O)c1c(-c2cc(OC)c(OC(C)C)cc2Cl)nn(-c2ccccc2)c1C(=O)OC. The molecule has 0 fully saturated rings. The van der Waals surface area contributed by atoms with Gasteiger partial charge >= 0.3 is 11.9 Å². The molecule has 3 aromatic rings. The molecule has 0 unspecified atom stereocenters. The van der Waals surface area contributed by atoms with Crippen LogP contribution in [0.25, 0.3) is 16.9 Å². The minimum absolute atomic E-state index is 0.0790. The molecule has 0 aliphatic rings. The van der Waals surface area contributed by atoms with Crippen molar-refractivity contribution in [3.63, 3.8) is 0 Å². The number of ether oxygens (including phenoxy) is 4. The lowest BCUT2D eigenvalue weighted by atomic mass is 10.0. The van der Waals surface area contributed by atoms with E-state index < -0.39 is 11.9 Å². The van der Waals surface area contributed by atoms with Crippen molar-refractivity contribution in [1.29, 1.82) is 0 Å². The molecule has 0 N–H and O–H groups in total. The zero-order valence-corrected chi connectivity index (χ0v) is 19.1. The normalized spacial score (nSPS) is 10.7. The molecule has 0 bridgehead atoms. The molecule has 0 spiro atoms. The van der Waals surface area contributed by atoms with Crippen LogP contribution in [-0.4, -0.2) is 49.2 Å². The Morgan fingerprint density at radius 3 is 2.19 bits per heavy atom. The zero-order chi connectivity index (χ0) is 23.4. The lowest BCUT2D eigenvalue weighted by Crippen LogP contribution is -2.15. The molecule has 1 heterocycles. The Morgan fingerprint density at radius 1 is 0.969 bits per heavy atom. The van der Waals surface area contributed by atoms with Crippen LogP contribution in [0.15, 0.2) is 42.5 Å². The van der Waals surface area contributed by atoms with Crippen LogP contribution in [0.4, 0.5) is 0 Å². The van der Waals surface area contributed by atoms with Crippen molar-refractivity contribution in [2.75, 3.05) is 21.3 Å². The van der Waals surface area contributed by atoms with E-state index in [1.54, 1.807) is 36.4 Å². The molecular formula is C23H23ClN2O6. The van der Waals surface area contributed by atoms with Gasteiger partial charge in [-0.25, -0.2) is 14.3 Å². The molecule has 32 heavy (non-hydrogen) atoms. The molecule has 2 aromatic carbocycles. The van der Waals surface area contributed by atoms with Crippen LogP contribution in [0.1, 0.15) is 34.7 Å². The third kappa shape index (κ3) is 4.40. The monoisotopic (exact) mass is 458 g/mol. The number of hydrogen-bond donors (Lipinski definition) is 0. The predicted molar refractivity (Wildman–Crippen MR) is 119 cm³/mol. The number of rotatable bonds is 7. The van der Waals surface area contributed by atoms with Gasteiger partial charge in [0.2, 0.25) is 0 Å². The first kappa shape index (κ1) is 23.1. The van der Waals surface area contributed by atoms with Crippen LogP contribution in [0.3, 0.4) is 0 Å². The standard InChI is InChI=1S/C23H23ClN2O6/c1-13(2)32-18-12-16(24)15(11-17(18)29-3)20-19(22(27)30-4)21(23(28)31-5)26(25-20)14-9-7-6-8-10-14/h6-13H,1-5H3. The summed E-state index contributed by atoms with van der Waals surface area (Å²) in [4.78, 5) is 25.5. The van der Waals surface area contributed by atoms with Crippen molar-refractivity contribution >= 4 is 23.5 Å². The molecule has 0 saturated heterocycles. The number of esters is 2. The van der Waals surface area contributed by atoms with Crippen molar-refractivity contribution < 1.29 is 28.5 Å². The second-order valence-corrected chi connectivity index (χ2v) is 7.36. The summed E-state index contributed by atoms with van der Waals surface area (Å²) in [6.07, 6.45) is -0.111. The number of halogens is 1. The summed E-state index contributed by atoms with van der Waals surface area (Å²) >= 11 is 6.56. The summed E-state index contributed by atoms with van der Waals surface area (Å²) in [6.45, 7) is 3.75. The van der Waals surface area contributed by atoms with Crippen LogP contribution in [0.5, 0.6) is 11.5 Å². The van der Waals surface area contributed by atoms with Gasteiger partial charge in [0.1, 0.15) is 11.3 Å². The van der Waals surface area contributed by atoms with Crippen LogP contribution >= 0.6 is 11.6 Å². The molecule has 0 radical (unpaired) electrons. The fourth-order valence-corrected chi connectivity index (χ4v) is 3.41. The van der Waals surface area contributed by atoms with Gasteiger partial charge in [0, 0.05) is 11.6 Å². The lowest BCUT2D eigenvalue weighted by molar-refractivity contribution is 0.0549. The average molecular weight is 459 g/mol. The molecule has 8 nitrogen and oxygen atoms in total. The van der Waals surface area contributed by atoms with Crippen LogP contribution in [0, 0.1) is 0 Å². The summed E-state index contributed by atoms with van der Waals surface area (Å²) < 4.78 is 22.4. The smallest absolute Gasteiger partial charge is 0.357 e. The van der Waals surface area contributed by atoms with Crippen molar-refractivity contribution in [2.24, 2.45) is 0 Å². The maximum absolute atomic E-state index is 12.8. The van der Waals surface area contributed by atoms with E-state index in [1.165, 1.54) is 26.0 Å². The fraction of sp³-hybridized carbons (Fsp3) is 0.261. The van der Waals surface area contributed by atoms with Crippen molar-refractivity contribution in [3.8, 4) is 28.4 Å². The summed E-state index contributed by atoms with van der Waals surface area (Å²) in [7, 11) is 3.93.